The molecular formula is C26H36FN5OS. The van der Waals surface area contributed by atoms with Crippen molar-refractivity contribution in [2.45, 2.75) is 81.7 Å². The Morgan fingerprint density at radius 2 is 1.85 bits per heavy atom. The van der Waals surface area contributed by atoms with Gasteiger partial charge in [-0.05, 0) is 96.1 Å². The molecule has 1 aromatic heterocycles. The molecule has 2 heterocycles. The van der Waals surface area contributed by atoms with Crippen molar-refractivity contribution in [2.75, 3.05) is 19.6 Å². The van der Waals surface area contributed by atoms with Crippen molar-refractivity contribution in [3.63, 3.8) is 0 Å². The number of hydrogen-bond donors (Lipinski definition) is 1. The summed E-state index contributed by atoms with van der Waals surface area (Å²) in [6.45, 7) is 6.79. The predicted molar refractivity (Wildman–Crippen MR) is 135 cm³/mol. The van der Waals surface area contributed by atoms with Crippen LogP contribution in [0.15, 0.2) is 41.1 Å². The van der Waals surface area contributed by atoms with Gasteiger partial charge in [-0.2, -0.15) is 0 Å². The number of piperidine rings is 1. The Bertz CT molecular complexity index is 984. The summed E-state index contributed by atoms with van der Waals surface area (Å²) in [5.41, 5.74) is 2.27. The quantitative estimate of drug-likeness (QED) is 0.378. The lowest BCUT2D eigenvalue weighted by molar-refractivity contribution is -0.120. The van der Waals surface area contributed by atoms with Crippen LogP contribution >= 0.6 is 11.8 Å². The molecule has 2 aromatic rings. The van der Waals surface area contributed by atoms with Crippen molar-refractivity contribution >= 4 is 17.7 Å². The zero-order chi connectivity index (χ0) is 23.9. The molecule has 1 N–H and O–H groups in total. The molecule has 0 radical (unpaired) electrons. The summed E-state index contributed by atoms with van der Waals surface area (Å²) in [4.78, 5) is 15.2. The van der Waals surface area contributed by atoms with E-state index in [0.29, 0.717) is 11.7 Å². The van der Waals surface area contributed by atoms with Crippen LogP contribution in [-0.4, -0.2) is 50.5 Å². The van der Waals surface area contributed by atoms with Crippen molar-refractivity contribution < 1.29 is 9.18 Å². The molecule has 0 bridgehead atoms. The largest absolute Gasteiger partial charge is 0.355 e. The van der Waals surface area contributed by atoms with Gasteiger partial charge in [0.1, 0.15) is 5.82 Å². The number of allylic oxidation sites excluding steroid dienone is 1. The van der Waals surface area contributed by atoms with Crippen molar-refractivity contribution in [1.82, 2.24) is 25.0 Å². The van der Waals surface area contributed by atoms with Gasteiger partial charge in [-0.3, -0.25) is 14.3 Å². The van der Waals surface area contributed by atoms with Crippen LogP contribution in [0, 0.1) is 5.82 Å². The Labute approximate surface area is 206 Å². The average Bonchev–Trinajstić information content (AvgIpc) is 3.28. The van der Waals surface area contributed by atoms with Gasteiger partial charge < -0.3 is 5.32 Å². The molecule has 2 aliphatic rings. The molecule has 0 saturated carbocycles. The number of carbonyl (C=O) groups excluding carboxylic acids is 1. The Morgan fingerprint density at radius 3 is 2.56 bits per heavy atom. The first-order chi connectivity index (χ1) is 16.5. The van der Waals surface area contributed by atoms with Crippen LogP contribution in [0.1, 0.15) is 77.1 Å². The number of nitrogens with zero attached hydrogens (tertiary/aromatic N) is 4. The van der Waals surface area contributed by atoms with E-state index in [-0.39, 0.29) is 23.0 Å². The van der Waals surface area contributed by atoms with Crippen molar-refractivity contribution in [1.29, 1.82) is 0 Å². The van der Waals surface area contributed by atoms with E-state index in [9.17, 15) is 9.18 Å². The summed E-state index contributed by atoms with van der Waals surface area (Å²) in [6, 6.07) is 6.49. The third-order valence-electron chi connectivity index (χ3n) is 6.84. The molecule has 8 heteroatoms. The van der Waals surface area contributed by atoms with Crippen molar-refractivity contribution in [3.8, 4) is 5.69 Å². The normalized spacial score (nSPS) is 18.9. The summed E-state index contributed by atoms with van der Waals surface area (Å²) in [5.74, 6) is 0.547. The second-order valence-corrected chi connectivity index (χ2v) is 10.6. The smallest absolute Gasteiger partial charge is 0.233 e. The molecular weight excluding hydrogens is 449 g/mol. The van der Waals surface area contributed by atoms with E-state index in [1.165, 1.54) is 61.6 Å². The fourth-order valence-corrected chi connectivity index (χ4v) is 5.66. The standard InChI is InChI=1S/C26H36FN5OS/c1-19(31-17-7-4-8-18-31)24-29-30-26(32(24)23-13-11-22(27)12-14-23)34-20(2)25(33)28-16-15-21-9-5-3-6-10-21/h9,11-14,19-20H,3-8,10,15-18H2,1-2H3,(H,28,33)/t19-,20-/m1/s1. The summed E-state index contributed by atoms with van der Waals surface area (Å²) in [5, 5.41) is 12.4. The first-order valence-corrected chi connectivity index (χ1v) is 13.5. The number of hydrogen-bond acceptors (Lipinski definition) is 5. The first-order valence-electron chi connectivity index (χ1n) is 12.6. The topological polar surface area (TPSA) is 63.1 Å². The molecule has 6 nitrogen and oxygen atoms in total. The minimum Gasteiger partial charge on any atom is -0.355 e. The minimum absolute atomic E-state index is 0.000643. The number of nitrogens with one attached hydrogen (secondary N) is 1. The maximum atomic E-state index is 13.6. The fraction of sp³-hybridized carbons (Fsp3) is 0.577. The van der Waals surface area contributed by atoms with E-state index in [0.717, 1.165) is 43.9 Å². The highest BCUT2D eigenvalue weighted by Crippen LogP contribution is 2.31. The van der Waals surface area contributed by atoms with Gasteiger partial charge in [0, 0.05) is 12.2 Å². The fourth-order valence-electron chi connectivity index (χ4n) is 4.76. The SMILES string of the molecule is C[C@H](c1nnc(S[C@H](C)C(=O)NCCC2=CCCCC2)n1-c1ccc(F)cc1)N1CCCCC1. The number of rotatable bonds is 9. The number of thioether (sulfide) groups is 1. The molecule has 1 aromatic carbocycles. The average molecular weight is 486 g/mol. The Kier molecular flexibility index (Phi) is 8.78. The van der Waals surface area contributed by atoms with Crippen LogP contribution < -0.4 is 5.32 Å². The maximum absolute atomic E-state index is 13.6. The molecule has 184 valence electrons. The molecule has 4 rings (SSSR count). The summed E-state index contributed by atoms with van der Waals surface area (Å²) >= 11 is 1.40. The molecule has 34 heavy (non-hydrogen) atoms. The number of likely N-dealkylation sites (tertiary alicyclic amines) is 1. The third-order valence-corrected chi connectivity index (χ3v) is 7.88. The molecule has 1 saturated heterocycles. The van der Waals surface area contributed by atoms with Crippen LogP contribution in [-0.2, 0) is 4.79 Å². The number of aromatic nitrogens is 3. The summed E-state index contributed by atoms with van der Waals surface area (Å²) < 4.78 is 15.6. The highest BCUT2D eigenvalue weighted by molar-refractivity contribution is 8.00. The second-order valence-electron chi connectivity index (χ2n) is 9.33. The Balaban J connectivity index is 1.47. The van der Waals surface area contributed by atoms with E-state index in [4.69, 9.17) is 0 Å². The molecule has 1 aliphatic carbocycles. The predicted octanol–water partition coefficient (Wildman–Crippen LogP) is 5.44. The van der Waals surface area contributed by atoms with Gasteiger partial charge in [0.15, 0.2) is 11.0 Å². The van der Waals surface area contributed by atoms with Crippen molar-refractivity contribution in [3.05, 3.63) is 47.6 Å². The van der Waals surface area contributed by atoms with Crippen LogP contribution in [0.2, 0.25) is 0 Å². The summed E-state index contributed by atoms with van der Waals surface area (Å²) in [7, 11) is 0. The maximum Gasteiger partial charge on any atom is 0.233 e. The van der Waals surface area contributed by atoms with Gasteiger partial charge in [0.25, 0.3) is 0 Å². The van der Waals surface area contributed by atoms with Gasteiger partial charge in [-0.1, -0.05) is 29.8 Å². The molecule has 1 amide bonds. The molecule has 2 atom stereocenters. The van der Waals surface area contributed by atoms with E-state index in [2.05, 4.69) is 33.4 Å². The van der Waals surface area contributed by atoms with Gasteiger partial charge >= 0.3 is 0 Å². The van der Waals surface area contributed by atoms with Crippen LogP contribution in [0.25, 0.3) is 5.69 Å². The lowest BCUT2D eigenvalue weighted by Crippen LogP contribution is -2.33. The molecule has 0 spiro atoms. The molecule has 1 fully saturated rings. The highest BCUT2D eigenvalue weighted by atomic mass is 32.2. The second kappa shape index (κ2) is 12.0. The first kappa shape index (κ1) is 24.9. The van der Waals surface area contributed by atoms with E-state index in [1.807, 2.05) is 11.5 Å². The van der Waals surface area contributed by atoms with Crippen LogP contribution in [0.4, 0.5) is 4.39 Å². The Hall–Kier alpha value is -2.19. The number of halogens is 1. The third kappa shape index (κ3) is 6.27. The van der Waals surface area contributed by atoms with Gasteiger partial charge in [-0.15, -0.1) is 10.2 Å². The lowest BCUT2D eigenvalue weighted by atomic mass is 9.97. The molecule has 1 aliphatic heterocycles. The van der Waals surface area contributed by atoms with E-state index >= 15 is 0 Å². The number of amides is 1. The van der Waals surface area contributed by atoms with E-state index in [1.54, 1.807) is 12.1 Å². The van der Waals surface area contributed by atoms with Gasteiger partial charge in [0.05, 0.1) is 11.3 Å². The number of carbonyl (C=O) groups is 1. The minimum atomic E-state index is -0.318. The summed E-state index contributed by atoms with van der Waals surface area (Å²) in [6.07, 6.45) is 11.7. The zero-order valence-corrected chi connectivity index (χ0v) is 21.1. The van der Waals surface area contributed by atoms with E-state index < -0.39 is 0 Å². The molecule has 0 unspecified atom stereocenters. The van der Waals surface area contributed by atoms with Crippen LogP contribution in [0.5, 0.6) is 0 Å². The highest BCUT2D eigenvalue weighted by Gasteiger charge is 2.27. The van der Waals surface area contributed by atoms with Crippen molar-refractivity contribution in [2.24, 2.45) is 0 Å². The van der Waals surface area contributed by atoms with Gasteiger partial charge in [0.2, 0.25) is 5.91 Å². The lowest BCUT2D eigenvalue weighted by Gasteiger charge is -2.32. The monoisotopic (exact) mass is 485 g/mol. The number of benzene rings is 1. The Morgan fingerprint density at radius 1 is 1.09 bits per heavy atom. The van der Waals surface area contributed by atoms with Crippen LogP contribution in [0.3, 0.4) is 0 Å². The van der Waals surface area contributed by atoms with Gasteiger partial charge in [-0.25, -0.2) is 4.39 Å². The zero-order valence-electron chi connectivity index (χ0n) is 20.3.